The predicted molar refractivity (Wildman–Crippen MR) is 95.9 cm³/mol. The van der Waals surface area contributed by atoms with Crippen molar-refractivity contribution < 1.29 is 12.8 Å². The standard InChI is InChI=1S/C19H21FN2O2S/c1-13-3-8-18-16(11-13)17-12-21(2)10-9-19(17)22(18)25(23,24)15-6-4-14(20)5-7-15/h3-8,11,17,19H,9-10,12H2,1-2H3/t17-,19+/m1/s1. The highest BCUT2D eigenvalue weighted by Gasteiger charge is 2.46. The van der Waals surface area contributed by atoms with Gasteiger partial charge in [0.25, 0.3) is 10.0 Å². The van der Waals surface area contributed by atoms with Crippen LogP contribution in [0.15, 0.2) is 47.4 Å². The van der Waals surface area contributed by atoms with Gasteiger partial charge in [-0.15, -0.1) is 0 Å². The highest BCUT2D eigenvalue weighted by Crippen LogP contribution is 2.47. The van der Waals surface area contributed by atoms with E-state index in [4.69, 9.17) is 0 Å². The zero-order chi connectivity index (χ0) is 17.8. The van der Waals surface area contributed by atoms with E-state index in [0.717, 1.165) is 36.3 Å². The summed E-state index contributed by atoms with van der Waals surface area (Å²) in [6.45, 7) is 3.74. The molecule has 132 valence electrons. The molecule has 25 heavy (non-hydrogen) atoms. The Balaban J connectivity index is 1.85. The number of benzene rings is 2. The molecule has 1 saturated heterocycles. The minimum Gasteiger partial charge on any atom is -0.306 e. The molecule has 0 aliphatic carbocycles. The lowest BCUT2D eigenvalue weighted by atomic mass is 9.89. The van der Waals surface area contributed by atoms with Crippen LogP contribution in [0.1, 0.15) is 23.5 Å². The zero-order valence-electron chi connectivity index (χ0n) is 14.3. The summed E-state index contributed by atoms with van der Waals surface area (Å²) in [5.74, 6) is -0.266. The number of hydrogen-bond acceptors (Lipinski definition) is 3. The number of sulfonamides is 1. The van der Waals surface area contributed by atoms with E-state index in [1.165, 1.54) is 24.3 Å². The first-order valence-corrected chi connectivity index (χ1v) is 9.91. The predicted octanol–water partition coefficient (Wildman–Crippen LogP) is 3.13. The van der Waals surface area contributed by atoms with E-state index >= 15 is 0 Å². The minimum absolute atomic E-state index is 0.0805. The summed E-state index contributed by atoms with van der Waals surface area (Å²) in [7, 11) is -1.65. The van der Waals surface area contributed by atoms with Crippen LogP contribution in [0.25, 0.3) is 0 Å². The average molecular weight is 360 g/mol. The van der Waals surface area contributed by atoms with Crippen molar-refractivity contribution in [3.63, 3.8) is 0 Å². The Kier molecular flexibility index (Phi) is 3.85. The first kappa shape index (κ1) is 16.5. The summed E-state index contributed by atoms with van der Waals surface area (Å²) in [5, 5.41) is 0. The quantitative estimate of drug-likeness (QED) is 0.826. The van der Waals surface area contributed by atoms with E-state index in [2.05, 4.69) is 18.0 Å². The van der Waals surface area contributed by atoms with Gasteiger partial charge in [0.2, 0.25) is 0 Å². The smallest absolute Gasteiger partial charge is 0.264 e. The van der Waals surface area contributed by atoms with Gasteiger partial charge in [0, 0.05) is 12.5 Å². The Morgan fingerprint density at radius 2 is 1.84 bits per heavy atom. The SMILES string of the molecule is Cc1ccc2c(c1)[C@H]1CN(C)CC[C@@H]1N2S(=O)(=O)c1ccc(F)cc1. The average Bonchev–Trinajstić information content (AvgIpc) is 2.89. The monoisotopic (exact) mass is 360 g/mol. The summed E-state index contributed by atoms with van der Waals surface area (Å²) in [6, 6.07) is 11.0. The summed E-state index contributed by atoms with van der Waals surface area (Å²) in [5.41, 5.74) is 2.99. The fourth-order valence-corrected chi connectivity index (χ4v) is 5.81. The van der Waals surface area contributed by atoms with E-state index < -0.39 is 15.8 Å². The zero-order valence-corrected chi connectivity index (χ0v) is 15.1. The van der Waals surface area contributed by atoms with E-state index in [0.29, 0.717) is 0 Å². The summed E-state index contributed by atoms with van der Waals surface area (Å²) >= 11 is 0. The summed E-state index contributed by atoms with van der Waals surface area (Å²) in [6.07, 6.45) is 0.787. The highest BCUT2D eigenvalue weighted by molar-refractivity contribution is 7.92. The topological polar surface area (TPSA) is 40.6 Å². The molecule has 2 aliphatic heterocycles. The second-order valence-electron chi connectivity index (χ2n) is 7.04. The van der Waals surface area contributed by atoms with E-state index in [9.17, 15) is 12.8 Å². The fourth-order valence-electron chi connectivity index (χ4n) is 4.07. The molecule has 2 aliphatic rings. The molecular weight excluding hydrogens is 339 g/mol. The third-order valence-electron chi connectivity index (χ3n) is 5.27. The number of halogens is 1. The molecule has 0 aromatic heterocycles. The molecule has 0 unspecified atom stereocenters. The number of likely N-dealkylation sites (N-methyl/N-ethyl adjacent to an activating group) is 1. The number of anilines is 1. The normalized spacial score (nSPS) is 23.4. The van der Waals surface area contributed by atoms with Crippen LogP contribution in [0.3, 0.4) is 0 Å². The molecule has 0 bridgehead atoms. The Bertz CT molecular complexity index is 912. The van der Waals surface area contributed by atoms with Gasteiger partial charge >= 0.3 is 0 Å². The van der Waals surface area contributed by atoms with E-state index in [1.807, 2.05) is 19.1 Å². The van der Waals surface area contributed by atoms with Gasteiger partial charge in [-0.3, -0.25) is 4.31 Å². The molecule has 2 aromatic rings. The molecule has 6 heteroatoms. The number of likely N-dealkylation sites (tertiary alicyclic amines) is 1. The number of hydrogen-bond donors (Lipinski definition) is 0. The second-order valence-corrected chi connectivity index (χ2v) is 8.86. The molecular formula is C19H21FN2O2S. The minimum atomic E-state index is -3.72. The molecule has 0 saturated carbocycles. The molecule has 2 aromatic carbocycles. The Morgan fingerprint density at radius 1 is 1.12 bits per heavy atom. The lowest BCUT2D eigenvalue weighted by Gasteiger charge is -2.36. The van der Waals surface area contributed by atoms with Crippen molar-refractivity contribution in [2.75, 3.05) is 24.4 Å². The first-order chi connectivity index (χ1) is 11.9. The molecule has 1 fully saturated rings. The van der Waals surface area contributed by atoms with E-state index in [1.54, 1.807) is 4.31 Å². The van der Waals surface area contributed by atoms with Crippen LogP contribution in [0.4, 0.5) is 10.1 Å². The molecule has 0 N–H and O–H groups in total. The number of nitrogens with zero attached hydrogens (tertiary/aromatic N) is 2. The van der Waals surface area contributed by atoms with Gasteiger partial charge in [-0.1, -0.05) is 17.7 Å². The van der Waals surface area contributed by atoms with Crippen molar-refractivity contribution in [3.05, 3.63) is 59.4 Å². The third-order valence-corrected chi connectivity index (χ3v) is 7.12. The number of piperidine rings is 1. The van der Waals surface area contributed by atoms with Gasteiger partial charge in [-0.2, -0.15) is 0 Å². The van der Waals surface area contributed by atoms with Crippen LogP contribution >= 0.6 is 0 Å². The van der Waals surface area contributed by atoms with Crippen LogP contribution in [0.5, 0.6) is 0 Å². The molecule has 4 rings (SSSR count). The molecule has 0 radical (unpaired) electrons. The Labute approximate surface area is 147 Å². The third kappa shape index (κ3) is 2.64. The van der Waals surface area contributed by atoms with Gasteiger partial charge < -0.3 is 4.90 Å². The molecule has 2 atom stereocenters. The number of aryl methyl sites for hydroxylation is 1. The molecule has 2 heterocycles. The van der Waals surface area contributed by atoms with Crippen LogP contribution in [-0.4, -0.2) is 39.5 Å². The fraction of sp³-hybridized carbons (Fsp3) is 0.368. The lowest BCUT2D eigenvalue weighted by molar-refractivity contribution is 0.237. The van der Waals surface area contributed by atoms with Crippen molar-refractivity contribution >= 4 is 15.7 Å². The molecule has 0 spiro atoms. The maximum absolute atomic E-state index is 13.3. The van der Waals surface area contributed by atoms with Crippen LogP contribution < -0.4 is 4.31 Å². The van der Waals surface area contributed by atoms with Crippen molar-refractivity contribution in [2.24, 2.45) is 0 Å². The molecule has 4 nitrogen and oxygen atoms in total. The summed E-state index contributed by atoms with van der Waals surface area (Å²) in [4.78, 5) is 2.39. The van der Waals surface area contributed by atoms with E-state index in [-0.39, 0.29) is 16.9 Å². The highest BCUT2D eigenvalue weighted by atomic mass is 32.2. The van der Waals surface area contributed by atoms with Crippen LogP contribution in [0, 0.1) is 12.7 Å². The van der Waals surface area contributed by atoms with Gasteiger partial charge in [-0.25, -0.2) is 12.8 Å². The maximum atomic E-state index is 13.3. The largest absolute Gasteiger partial charge is 0.306 e. The number of rotatable bonds is 2. The van der Waals surface area contributed by atoms with Gasteiger partial charge in [0.1, 0.15) is 5.82 Å². The van der Waals surface area contributed by atoms with Gasteiger partial charge in [-0.05, 0) is 62.8 Å². The maximum Gasteiger partial charge on any atom is 0.264 e. The van der Waals surface area contributed by atoms with Crippen molar-refractivity contribution in [1.29, 1.82) is 0 Å². The van der Waals surface area contributed by atoms with Crippen molar-refractivity contribution in [1.82, 2.24) is 4.90 Å². The van der Waals surface area contributed by atoms with Crippen LogP contribution in [0.2, 0.25) is 0 Å². The van der Waals surface area contributed by atoms with Crippen molar-refractivity contribution in [2.45, 2.75) is 30.2 Å². The van der Waals surface area contributed by atoms with Gasteiger partial charge in [0.05, 0.1) is 16.6 Å². The summed E-state index contributed by atoms with van der Waals surface area (Å²) < 4.78 is 41.4. The second kappa shape index (κ2) is 5.81. The first-order valence-electron chi connectivity index (χ1n) is 8.47. The Morgan fingerprint density at radius 3 is 2.56 bits per heavy atom. The van der Waals surface area contributed by atoms with Crippen molar-refractivity contribution in [3.8, 4) is 0 Å². The lowest BCUT2D eigenvalue weighted by Crippen LogP contribution is -2.47. The number of fused-ring (bicyclic) bond motifs is 3. The van der Waals surface area contributed by atoms with Gasteiger partial charge in [0.15, 0.2) is 0 Å². The molecule has 0 amide bonds. The van der Waals surface area contributed by atoms with Crippen LogP contribution in [-0.2, 0) is 10.0 Å². The Hall–Kier alpha value is -1.92.